The van der Waals surface area contributed by atoms with E-state index in [1.807, 2.05) is 0 Å². The first-order valence-corrected chi connectivity index (χ1v) is 9.12. The van der Waals surface area contributed by atoms with Crippen LogP contribution in [0.15, 0.2) is 12.1 Å². The van der Waals surface area contributed by atoms with Crippen molar-refractivity contribution >= 4 is 14.5 Å². The molecule has 0 saturated heterocycles. The Labute approximate surface area is 134 Å². The molecule has 22 heavy (non-hydrogen) atoms. The molecule has 0 aromatic heterocycles. The van der Waals surface area contributed by atoms with E-state index in [2.05, 4.69) is 9.24 Å². The fourth-order valence-corrected chi connectivity index (χ4v) is 4.74. The van der Waals surface area contributed by atoms with Gasteiger partial charge in [-0.1, -0.05) is 0 Å². The number of benzene rings is 1. The summed E-state index contributed by atoms with van der Waals surface area (Å²) >= 11 is 0. The number of nitrogens with two attached hydrogens (primary N) is 1. The van der Waals surface area contributed by atoms with E-state index in [1.54, 1.807) is 6.07 Å². The summed E-state index contributed by atoms with van der Waals surface area (Å²) in [4.78, 5) is 0. The molecule has 1 aromatic rings. The second kappa shape index (κ2) is 6.93. The van der Waals surface area contributed by atoms with E-state index in [1.165, 1.54) is 44.6 Å². The van der Waals surface area contributed by atoms with Crippen LogP contribution < -0.4 is 11.0 Å². The van der Waals surface area contributed by atoms with Gasteiger partial charge in [-0.15, -0.1) is 9.24 Å². The molecular formula is C18H26F2NP. The highest BCUT2D eigenvalue weighted by Crippen LogP contribution is 2.42. The molecule has 1 aromatic carbocycles. The maximum atomic E-state index is 13.6. The highest BCUT2D eigenvalue weighted by Gasteiger charge is 2.30. The van der Waals surface area contributed by atoms with Gasteiger partial charge in [0.25, 0.3) is 0 Å². The largest absolute Gasteiger partial charge is 0.328 e. The van der Waals surface area contributed by atoms with Crippen LogP contribution in [0, 0.1) is 23.5 Å². The maximum Gasteiger partial charge on any atom is 0.165 e. The van der Waals surface area contributed by atoms with Gasteiger partial charge in [0.15, 0.2) is 11.6 Å². The molecule has 1 atom stereocenters. The Balaban J connectivity index is 1.60. The first-order chi connectivity index (χ1) is 10.5. The molecule has 2 aliphatic rings. The molecule has 4 heteroatoms. The molecule has 2 N–H and O–H groups in total. The predicted molar refractivity (Wildman–Crippen MR) is 90.3 cm³/mol. The number of hydrogen-bond acceptors (Lipinski definition) is 1. The molecule has 2 fully saturated rings. The topological polar surface area (TPSA) is 26.0 Å². The van der Waals surface area contributed by atoms with Crippen LogP contribution in [0.1, 0.15) is 62.8 Å². The Morgan fingerprint density at radius 3 is 1.95 bits per heavy atom. The Morgan fingerprint density at radius 1 is 0.864 bits per heavy atom. The Hall–Kier alpha value is -0.530. The molecule has 0 bridgehead atoms. The van der Waals surface area contributed by atoms with Crippen LogP contribution in [0.25, 0.3) is 0 Å². The average Bonchev–Trinajstić information content (AvgIpc) is 2.53. The molecular weight excluding hydrogens is 299 g/mol. The van der Waals surface area contributed by atoms with Crippen molar-refractivity contribution in [3.05, 3.63) is 29.3 Å². The molecule has 0 heterocycles. The summed E-state index contributed by atoms with van der Waals surface area (Å²) in [7, 11) is 2.30. The van der Waals surface area contributed by atoms with Crippen LogP contribution in [0.3, 0.4) is 0 Å². The smallest absolute Gasteiger partial charge is 0.165 e. The van der Waals surface area contributed by atoms with Gasteiger partial charge in [-0.25, -0.2) is 8.78 Å². The zero-order valence-electron chi connectivity index (χ0n) is 13.0. The van der Waals surface area contributed by atoms with Gasteiger partial charge in [-0.2, -0.15) is 0 Å². The summed E-state index contributed by atoms with van der Waals surface area (Å²) in [6.07, 6.45) is 9.53. The summed E-state index contributed by atoms with van der Waals surface area (Å²) in [5.74, 6) is 0.580. The van der Waals surface area contributed by atoms with E-state index in [-0.39, 0.29) is 0 Å². The molecule has 0 radical (unpaired) electrons. The third-order valence-corrected chi connectivity index (χ3v) is 6.23. The number of halogens is 2. The molecule has 0 amide bonds. The van der Waals surface area contributed by atoms with Crippen LogP contribution >= 0.6 is 9.24 Å². The fourth-order valence-electron chi connectivity index (χ4n) is 4.41. The third kappa shape index (κ3) is 3.51. The highest BCUT2D eigenvalue weighted by molar-refractivity contribution is 7.27. The minimum atomic E-state index is -0.735. The van der Waals surface area contributed by atoms with Crippen molar-refractivity contribution in [3.8, 4) is 0 Å². The third-order valence-electron chi connectivity index (χ3n) is 5.81. The Kier molecular flexibility index (Phi) is 5.14. The maximum absolute atomic E-state index is 13.6. The summed E-state index contributed by atoms with van der Waals surface area (Å²) in [5, 5.41) is 0.346. The normalized spacial score (nSPS) is 32.9. The van der Waals surface area contributed by atoms with E-state index in [9.17, 15) is 8.78 Å². The zero-order valence-corrected chi connectivity index (χ0v) is 14.2. The molecule has 122 valence electrons. The standard InChI is InChI=1S/C18H26F2NP/c19-16-9-14(10-17(22)18(16)20)13-3-1-11(2-4-13)12-5-7-15(21)8-6-12/h9-13,15H,1-8,21-22H2. The van der Waals surface area contributed by atoms with Gasteiger partial charge in [-0.05, 0) is 86.8 Å². The van der Waals surface area contributed by atoms with E-state index < -0.39 is 11.6 Å². The quantitative estimate of drug-likeness (QED) is 0.808. The molecule has 3 rings (SSSR count). The Morgan fingerprint density at radius 2 is 1.41 bits per heavy atom. The molecule has 1 unspecified atom stereocenters. The lowest BCUT2D eigenvalue weighted by Gasteiger charge is -2.37. The lowest BCUT2D eigenvalue weighted by Crippen LogP contribution is -2.31. The van der Waals surface area contributed by atoms with Crippen molar-refractivity contribution in [1.29, 1.82) is 0 Å². The Bertz CT molecular complexity index is 495. The lowest BCUT2D eigenvalue weighted by molar-refractivity contribution is 0.177. The summed E-state index contributed by atoms with van der Waals surface area (Å²) in [6, 6.07) is 3.61. The molecule has 2 aliphatic carbocycles. The summed E-state index contributed by atoms with van der Waals surface area (Å²) < 4.78 is 27.0. The van der Waals surface area contributed by atoms with Crippen LogP contribution in [0.2, 0.25) is 0 Å². The van der Waals surface area contributed by atoms with Crippen LogP contribution in [-0.4, -0.2) is 6.04 Å². The molecule has 1 nitrogen and oxygen atoms in total. The number of rotatable bonds is 2. The number of hydrogen-bond donors (Lipinski definition) is 1. The van der Waals surface area contributed by atoms with E-state index in [4.69, 9.17) is 5.73 Å². The zero-order chi connectivity index (χ0) is 15.7. The molecule has 0 spiro atoms. The second-order valence-electron chi connectivity index (χ2n) is 7.19. The van der Waals surface area contributed by atoms with Gasteiger partial charge in [0, 0.05) is 11.3 Å². The molecule has 2 saturated carbocycles. The van der Waals surface area contributed by atoms with Crippen molar-refractivity contribution in [2.45, 2.75) is 63.3 Å². The minimum absolute atomic E-state index is 0.346. The fraction of sp³-hybridized carbons (Fsp3) is 0.667. The van der Waals surface area contributed by atoms with Gasteiger partial charge in [0.05, 0.1) is 0 Å². The van der Waals surface area contributed by atoms with Gasteiger partial charge in [-0.3, -0.25) is 0 Å². The van der Waals surface area contributed by atoms with Crippen molar-refractivity contribution < 1.29 is 8.78 Å². The monoisotopic (exact) mass is 325 g/mol. The van der Waals surface area contributed by atoms with Gasteiger partial charge in [0.2, 0.25) is 0 Å². The predicted octanol–water partition coefficient (Wildman–Crippen LogP) is 4.26. The SMILES string of the molecule is NC1CCC(C2CCC(c3cc(F)c(F)c(P)c3)CC2)CC1. The average molecular weight is 325 g/mol. The minimum Gasteiger partial charge on any atom is -0.328 e. The highest BCUT2D eigenvalue weighted by atomic mass is 31.0. The van der Waals surface area contributed by atoms with Crippen LogP contribution in [0.4, 0.5) is 8.78 Å². The summed E-state index contributed by atoms with van der Waals surface area (Å²) in [6.45, 7) is 0. The van der Waals surface area contributed by atoms with Crippen molar-refractivity contribution in [1.82, 2.24) is 0 Å². The van der Waals surface area contributed by atoms with E-state index >= 15 is 0 Å². The van der Waals surface area contributed by atoms with Gasteiger partial charge in [0.1, 0.15) is 0 Å². The summed E-state index contributed by atoms with van der Waals surface area (Å²) in [5.41, 5.74) is 6.96. The first kappa shape index (κ1) is 16.3. The second-order valence-corrected chi connectivity index (χ2v) is 7.81. The van der Waals surface area contributed by atoms with Crippen LogP contribution in [0.5, 0.6) is 0 Å². The van der Waals surface area contributed by atoms with Crippen molar-refractivity contribution in [2.75, 3.05) is 0 Å². The van der Waals surface area contributed by atoms with E-state index in [0.29, 0.717) is 17.3 Å². The van der Waals surface area contributed by atoms with Gasteiger partial charge < -0.3 is 5.73 Å². The molecule has 0 aliphatic heterocycles. The van der Waals surface area contributed by atoms with Crippen LogP contribution in [-0.2, 0) is 0 Å². The lowest BCUT2D eigenvalue weighted by atomic mass is 9.69. The van der Waals surface area contributed by atoms with E-state index in [0.717, 1.165) is 30.2 Å². The van der Waals surface area contributed by atoms with Gasteiger partial charge >= 0.3 is 0 Å². The van der Waals surface area contributed by atoms with Crippen molar-refractivity contribution in [3.63, 3.8) is 0 Å². The van der Waals surface area contributed by atoms with Crippen molar-refractivity contribution in [2.24, 2.45) is 17.6 Å². The first-order valence-electron chi connectivity index (χ1n) is 8.54.